The Bertz CT molecular complexity index is 2850. The average Bonchev–Trinajstić information content (AvgIpc) is 3.79. The normalized spacial score (nSPS) is 25.8. The van der Waals surface area contributed by atoms with E-state index in [-0.39, 0.29) is 11.8 Å². The highest BCUT2D eigenvalue weighted by atomic mass is 16.5. The van der Waals surface area contributed by atoms with Gasteiger partial charge in [0.15, 0.2) is 5.82 Å². The summed E-state index contributed by atoms with van der Waals surface area (Å²) < 4.78 is 6.62. The zero-order valence-corrected chi connectivity index (χ0v) is 33.7. The topological polar surface area (TPSA) is 35.0 Å². The number of nitrogens with zero attached hydrogens (tertiary/aromatic N) is 2. The molecule has 4 atom stereocenters. The standard InChI is InChI=1S/C57H46N2O/c1-2-11-37(12-3-1)55-58-51(36-23-26-43(27-24-36)56-30-29-44-41(34-56)21-22-42(44)35-56)33-52(59-55)40-14-10-13-38(31-40)39-25-28-46-45-15-4-5-16-47(45)57(50(46)32-39)48-17-6-8-19-53(48)60-54-20-9-7-18-49(54)57/h1-20,23-28,31-33,41-42,44,46,50H,21-22,29-30,34-35H2/t41-,42-,44?,46?,50?,56?/m0/s1. The van der Waals surface area contributed by atoms with Crippen molar-refractivity contribution in [1.29, 1.82) is 0 Å². The van der Waals surface area contributed by atoms with Gasteiger partial charge >= 0.3 is 0 Å². The van der Waals surface area contributed by atoms with Gasteiger partial charge in [0.2, 0.25) is 0 Å². The van der Waals surface area contributed by atoms with Crippen LogP contribution in [0.4, 0.5) is 0 Å². The van der Waals surface area contributed by atoms with Crippen LogP contribution in [-0.4, -0.2) is 9.97 Å². The minimum atomic E-state index is -0.391. The number of hydrogen-bond acceptors (Lipinski definition) is 3. The third-order valence-electron chi connectivity index (χ3n) is 15.7. The molecule has 7 aromatic rings. The molecule has 2 unspecified atom stereocenters. The van der Waals surface area contributed by atoms with E-state index in [2.05, 4.69) is 176 Å². The van der Waals surface area contributed by atoms with E-state index < -0.39 is 5.41 Å². The van der Waals surface area contributed by atoms with E-state index in [0.29, 0.717) is 5.41 Å². The Morgan fingerprint density at radius 1 is 0.533 bits per heavy atom. The van der Waals surface area contributed by atoms with Crippen LogP contribution >= 0.6 is 0 Å². The Kier molecular flexibility index (Phi) is 7.53. The summed E-state index contributed by atoms with van der Waals surface area (Å²) in [6.45, 7) is 0. The smallest absolute Gasteiger partial charge is 0.160 e. The molecule has 4 fully saturated rings. The van der Waals surface area contributed by atoms with E-state index in [4.69, 9.17) is 14.7 Å². The predicted octanol–water partition coefficient (Wildman–Crippen LogP) is 13.8. The number of fused-ring (bicyclic) bond motifs is 10. The summed E-state index contributed by atoms with van der Waals surface area (Å²) in [5.74, 6) is 5.90. The lowest BCUT2D eigenvalue weighted by molar-refractivity contribution is 0.0577. The maximum Gasteiger partial charge on any atom is 0.160 e. The summed E-state index contributed by atoms with van der Waals surface area (Å²) in [5, 5.41) is 0. The fourth-order valence-corrected chi connectivity index (χ4v) is 13.2. The van der Waals surface area contributed by atoms with E-state index in [0.717, 1.165) is 63.2 Å². The second-order valence-electron chi connectivity index (χ2n) is 18.5. The van der Waals surface area contributed by atoms with Crippen molar-refractivity contribution in [2.75, 3.05) is 0 Å². The molecule has 1 spiro atoms. The van der Waals surface area contributed by atoms with Gasteiger partial charge in [-0.3, -0.25) is 0 Å². The molecular formula is C57H46N2O. The molecule has 0 amide bonds. The fourth-order valence-electron chi connectivity index (χ4n) is 13.2. The zero-order chi connectivity index (χ0) is 39.4. The predicted molar refractivity (Wildman–Crippen MR) is 241 cm³/mol. The molecule has 14 rings (SSSR count). The van der Waals surface area contributed by atoms with Gasteiger partial charge in [0.05, 0.1) is 16.8 Å². The number of allylic oxidation sites excluding steroid dienone is 4. The number of para-hydroxylation sites is 2. The van der Waals surface area contributed by atoms with E-state index in [1.165, 1.54) is 71.9 Å². The molecule has 6 aliphatic carbocycles. The van der Waals surface area contributed by atoms with Gasteiger partial charge < -0.3 is 4.74 Å². The van der Waals surface area contributed by atoms with Crippen molar-refractivity contribution in [1.82, 2.24) is 9.97 Å². The first-order valence-electron chi connectivity index (χ1n) is 22.2. The first kappa shape index (κ1) is 34.5. The summed E-state index contributed by atoms with van der Waals surface area (Å²) >= 11 is 0. The molecule has 3 heteroatoms. The van der Waals surface area contributed by atoms with Crippen molar-refractivity contribution in [3.05, 3.63) is 209 Å². The Morgan fingerprint density at radius 3 is 1.92 bits per heavy atom. The van der Waals surface area contributed by atoms with Gasteiger partial charge in [0.25, 0.3) is 0 Å². The van der Waals surface area contributed by atoms with Crippen LogP contribution in [0.1, 0.15) is 77.8 Å². The van der Waals surface area contributed by atoms with Gasteiger partial charge in [-0.1, -0.05) is 152 Å². The highest BCUT2D eigenvalue weighted by Crippen LogP contribution is 2.65. The van der Waals surface area contributed by atoms with Crippen LogP contribution in [0.5, 0.6) is 11.5 Å². The first-order valence-corrected chi connectivity index (χ1v) is 22.2. The maximum atomic E-state index is 6.62. The van der Waals surface area contributed by atoms with Crippen molar-refractivity contribution in [2.24, 2.45) is 23.7 Å². The largest absolute Gasteiger partial charge is 0.457 e. The molecule has 60 heavy (non-hydrogen) atoms. The van der Waals surface area contributed by atoms with Crippen molar-refractivity contribution < 1.29 is 4.74 Å². The summed E-state index contributed by atoms with van der Waals surface area (Å²) in [6.07, 6.45) is 15.8. The van der Waals surface area contributed by atoms with Gasteiger partial charge in [-0.2, -0.15) is 0 Å². The first-order chi connectivity index (χ1) is 29.6. The SMILES string of the molecule is C1=CC2c3ccccc3C3(c4ccccc4Oc4ccccc43)C2C=C1c1cccc(-c2cc(-c3ccc(C45CCC6[C@@H](CC[C@H]6C4)C5)cc3)nc(-c3ccccc3)n2)c1. The number of benzene rings is 6. The Hall–Kier alpha value is -6.32. The summed E-state index contributed by atoms with van der Waals surface area (Å²) in [6, 6.07) is 57.6. The minimum absolute atomic E-state index is 0.154. The quantitative estimate of drug-likeness (QED) is 0.175. The molecule has 4 bridgehead atoms. The number of aromatic nitrogens is 2. The summed E-state index contributed by atoms with van der Waals surface area (Å²) in [5.41, 5.74) is 14.3. The molecular weight excluding hydrogens is 729 g/mol. The Morgan fingerprint density at radius 2 is 1.17 bits per heavy atom. The van der Waals surface area contributed by atoms with E-state index in [1.54, 1.807) is 5.56 Å². The van der Waals surface area contributed by atoms with Crippen LogP contribution in [0.15, 0.2) is 176 Å². The second-order valence-corrected chi connectivity index (χ2v) is 18.5. The molecule has 0 saturated heterocycles. The summed E-state index contributed by atoms with van der Waals surface area (Å²) in [7, 11) is 0. The van der Waals surface area contributed by atoms with E-state index in [9.17, 15) is 0 Å². The minimum Gasteiger partial charge on any atom is -0.457 e. The van der Waals surface area contributed by atoms with Gasteiger partial charge in [0.1, 0.15) is 11.5 Å². The molecule has 4 saturated carbocycles. The van der Waals surface area contributed by atoms with Crippen LogP contribution in [0.3, 0.4) is 0 Å². The highest BCUT2D eigenvalue weighted by Gasteiger charge is 2.57. The molecule has 2 heterocycles. The lowest BCUT2D eigenvalue weighted by Crippen LogP contribution is -2.44. The lowest BCUT2D eigenvalue weighted by atomic mass is 9.53. The van der Waals surface area contributed by atoms with Crippen LogP contribution in [0.25, 0.3) is 39.5 Å². The van der Waals surface area contributed by atoms with Crippen LogP contribution in [0, 0.1) is 23.7 Å². The monoisotopic (exact) mass is 774 g/mol. The zero-order valence-electron chi connectivity index (χ0n) is 33.7. The van der Waals surface area contributed by atoms with Crippen LogP contribution in [-0.2, 0) is 10.8 Å². The highest BCUT2D eigenvalue weighted by molar-refractivity contribution is 5.82. The molecule has 0 N–H and O–H groups in total. The molecule has 3 nitrogen and oxygen atoms in total. The summed E-state index contributed by atoms with van der Waals surface area (Å²) in [4.78, 5) is 10.5. The van der Waals surface area contributed by atoms with Crippen molar-refractivity contribution in [3.8, 4) is 45.4 Å². The number of rotatable bonds is 5. The Balaban J connectivity index is 0.906. The molecule has 1 aromatic heterocycles. The van der Waals surface area contributed by atoms with Crippen molar-refractivity contribution in [2.45, 2.75) is 55.3 Å². The molecule has 290 valence electrons. The maximum absolute atomic E-state index is 6.62. The third kappa shape index (κ3) is 5.02. The fraction of sp³-hybridized carbons (Fsp3) is 0.228. The van der Waals surface area contributed by atoms with Gasteiger partial charge in [-0.15, -0.1) is 0 Å². The van der Waals surface area contributed by atoms with E-state index >= 15 is 0 Å². The molecule has 7 aliphatic rings. The van der Waals surface area contributed by atoms with E-state index in [1.807, 2.05) is 0 Å². The van der Waals surface area contributed by atoms with Crippen molar-refractivity contribution in [3.63, 3.8) is 0 Å². The van der Waals surface area contributed by atoms with Crippen molar-refractivity contribution >= 4 is 5.57 Å². The number of hydrogen-bond donors (Lipinski definition) is 0. The number of ether oxygens (including phenoxy) is 1. The molecule has 6 aromatic carbocycles. The van der Waals surface area contributed by atoms with Gasteiger partial charge in [0, 0.05) is 39.7 Å². The lowest BCUT2D eigenvalue weighted by Gasteiger charge is -2.51. The average molecular weight is 775 g/mol. The second kappa shape index (κ2) is 13.1. The molecule has 1 aliphatic heterocycles. The molecule has 0 radical (unpaired) electrons. The van der Waals surface area contributed by atoms with Gasteiger partial charge in [-0.05, 0) is 114 Å². The Labute approximate surface area is 352 Å². The third-order valence-corrected chi connectivity index (χ3v) is 15.7. The van der Waals surface area contributed by atoms with Crippen LogP contribution < -0.4 is 4.74 Å². The van der Waals surface area contributed by atoms with Crippen LogP contribution in [0.2, 0.25) is 0 Å². The van der Waals surface area contributed by atoms with Gasteiger partial charge in [-0.25, -0.2) is 9.97 Å².